The Morgan fingerprint density at radius 2 is 2.29 bits per heavy atom. The van der Waals surface area contributed by atoms with E-state index in [1.807, 2.05) is 24.4 Å². The number of H-pyrrole nitrogens is 1. The topological polar surface area (TPSA) is 74.9 Å². The van der Waals surface area contributed by atoms with Crippen molar-refractivity contribution in [2.24, 2.45) is 5.73 Å². The summed E-state index contributed by atoms with van der Waals surface area (Å²) in [4.78, 5) is 7.45. The van der Waals surface area contributed by atoms with Gasteiger partial charge in [0.25, 0.3) is 0 Å². The van der Waals surface area contributed by atoms with Crippen LogP contribution in [0.25, 0.3) is 11.0 Å². The van der Waals surface area contributed by atoms with Crippen LogP contribution in [0.4, 0.5) is 0 Å². The van der Waals surface area contributed by atoms with Crippen molar-refractivity contribution in [3.63, 3.8) is 0 Å². The number of nitrogens with two attached hydrogens (primary N) is 1. The average molecular weight is 191 g/mol. The van der Waals surface area contributed by atoms with Crippen LogP contribution >= 0.6 is 0 Å². The number of rotatable bonds is 3. The van der Waals surface area contributed by atoms with Crippen LogP contribution in [0.1, 0.15) is 18.2 Å². The van der Waals surface area contributed by atoms with Gasteiger partial charge in [0.1, 0.15) is 0 Å². The molecule has 2 heterocycles. The molecule has 14 heavy (non-hydrogen) atoms. The summed E-state index contributed by atoms with van der Waals surface area (Å²) < 4.78 is 0. The van der Waals surface area contributed by atoms with Gasteiger partial charge in [-0.05, 0) is 24.6 Å². The number of aliphatic hydroxyl groups excluding tert-OH is 1. The van der Waals surface area contributed by atoms with Gasteiger partial charge in [-0.25, -0.2) is 4.98 Å². The molecule has 0 aliphatic rings. The van der Waals surface area contributed by atoms with Crippen molar-refractivity contribution in [1.82, 2.24) is 9.97 Å². The summed E-state index contributed by atoms with van der Waals surface area (Å²) in [6, 6.07) is 5.57. The lowest BCUT2D eigenvalue weighted by Crippen LogP contribution is -2.13. The molecule has 4 N–H and O–H groups in total. The Labute approximate surface area is 81.8 Å². The minimum atomic E-state index is -0.181. The zero-order valence-electron chi connectivity index (χ0n) is 7.77. The normalized spacial score (nSPS) is 13.3. The Morgan fingerprint density at radius 1 is 1.43 bits per heavy atom. The van der Waals surface area contributed by atoms with Gasteiger partial charge in [0.2, 0.25) is 0 Å². The van der Waals surface area contributed by atoms with Gasteiger partial charge in [-0.15, -0.1) is 0 Å². The summed E-state index contributed by atoms with van der Waals surface area (Å²) in [7, 11) is 0. The molecular formula is C10H13N3O. The van der Waals surface area contributed by atoms with E-state index in [0.717, 1.165) is 16.7 Å². The molecule has 0 aliphatic carbocycles. The first kappa shape index (κ1) is 9.18. The van der Waals surface area contributed by atoms with E-state index in [2.05, 4.69) is 9.97 Å². The first-order valence-corrected chi connectivity index (χ1v) is 4.62. The van der Waals surface area contributed by atoms with Crippen LogP contribution in [0.2, 0.25) is 0 Å². The van der Waals surface area contributed by atoms with Gasteiger partial charge in [0.05, 0.1) is 16.7 Å². The van der Waals surface area contributed by atoms with Gasteiger partial charge in [-0.2, -0.15) is 0 Å². The lowest BCUT2D eigenvalue weighted by atomic mass is 10.1. The maximum atomic E-state index is 8.76. The second kappa shape index (κ2) is 3.77. The number of pyridine rings is 1. The molecule has 4 nitrogen and oxygen atoms in total. The third kappa shape index (κ3) is 1.62. The van der Waals surface area contributed by atoms with E-state index in [1.54, 1.807) is 0 Å². The highest BCUT2D eigenvalue weighted by Gasteiger charge is 2.07. The lowest BCUT2D eigenvalue weighted by molar-refractivity contribution is 0.275. The standard InChI is InChI=1S/C10H13N3O/c11-7(4-6-14)8-1-2-9-10(13-8)3-5-12-9/h1-3,5,7,12,14H,4,6,11H2/t7-/m1/s1. The molecule has 0 bridgehead atoms. The molecule has 74 valence electrons. The highest BCUT2D eigenvalue weighted by Crippen LogP contribution is 2.15. The Balaban J connectivity index is 2.33. The van der Waals surface area contributed by atoms with Gasteiger partial charge in [-0.1, -0.05) is 0 Å². The summed E-state index contributed by atoms with van der Waals surface area (Å²) in [6.07, 6.45) is 2.39. The van der Waals surface area contributed by atoms with Crippen LogP contribution in [0.3, 0.4) is 0 Å². The highest BCUT2D eigenvalue weighted by molar-refractivity contribution is 5.74. The zero-order chi connectivity index (χ0) is 9.97. The number of hydrogen-bond donors (Lipinski definition) is 3. The summed E-state index contributed by atoms with van der Waals surface area (Å²) >= 11 is 0. The second-order valence-electron chi connectivity index (χ2n) is 3.27. The molecule has 0 aromatic carbocycles. The molecule has 1 atom stereocenters. The second-order valence-corrected chi connectivity index (χ2v) is 3.27. The molecule has 0 radical (unpaired) electrons. The van der Waals surface area contributed by atoms with Crippen LogP contribution in [0.15, 0.2) is 24.4 Å². The predicted molar refractivity (Wildman–Crippen MR) is 54.7 cm³/mol. The number of hydrogen-bond acceptors (Lipinski definition) is 3. The molecule has 0 amide bonds. The smallest absolute Gasteiger partial charge is 0.0882 e. The van der Waals surface area contributed by atoms with Crippen LogP contribution in [-0.4, -0.2) is 21.7 Å². The van der Waals surface area contributed by atoms with Crippen LogP contribution in [0, 0.1) is 0 Å². The van der Waals surface area contributed by atoms with Gasteiger partial charge in [0.15, 0.2) is 0 Å². The van der Waals surface area contributed by atoms with E-state index >= 15 is 0 Å². The Hall–Kier alpha value is -1.39. The van der Waals surface area contributed by atoms with Gasteiger partial charge in [0, 0.05) is 18.8 Å². The number of nitrogens with one attached hydrogen (secondary N) is 1. The van der Waals surface area contributed by atoms with Crippen LogP contribution < -0.4 is 5.73 Å². The SMILES string of the molecule is N[C@H](CCO)c1ccc2[nH]ccc2n1. The Bertz CT molecular complexity index is 424. The molecule has 4 heteroatoms. The predicted octanol–water partition coefficient (Wildman–Crippen LogP) is 0.945. The molecule has 2 aromatic heterocycles. The van der Waals surface area contributed by atoms with E-state index in [4.69, 9.17) is 10.8 Å². The summed E-state index contributed by atoms with van der Waals surface area (Å²) in [6.45, 7) is 0.0913. The monoisotopic (exact) mass is 191 g/mol. The van der Waals surface area contributed by atoms with Crippen molar-refractivity contribution in [3.8, 4) is 0 Å². The van der Waals surface area contributed by atoms with Gasteiger partial charge < -0.3 is 15.8 Å². The maximum Gasteiger partial charge on any atom is 0.0882 e. The summed E-state index contributed by atoms with van der Waals surface area (Å²) in [5.74, 6) is 0. The fourth-order valence-electron chi connectivity index (χ4n) is 1.44. The van der Waals surface area contributed by atoms with E-state index in [9.17, 15) is 0 Å². The lowest BCUT2D eigenvalue weighted by Gasteiger charge is -2.08. The van der Waals surface area contributed by atoms with Crippen molar-refractivity contribution < 1.29 is 5.11 Å². The van der Waals surface area contributed by atoms with Crippen LogP contribution in [-0.2, 0) is 0 Å². The highest BCUT2D eigenvalue weighted by atomic mass is 16.3. The molecule has 0 saturated carbocycles. The van der Waals surface area contributed by atoms with E-state index in [1.165, 1.54) is 0 Å². The minimum Gasteiger partial charge on any atom is -0.396 e. The molecular weight excluding hydrogens is 178 g/mol. The molecule has 0 fully saturated rings. The number of aliphatic hydroxyl groups is 1. The average Bonchev–Trinajstić information content (AvgIpc) is 2.64. The van der Waals surface area contributed by atoms with E-state index in [-0.39, 0.29) is 12.6 Å². The molecule has 0 aliphatic heterocycles. The third-order valence-electron chi connectivity index (χ3n) is 2.25. The van der Waals surface area contributed by atoms with E-state index in [0.29, 0.717) is 6.42 Å². The first-order valence-electron chi connectivity index (χ1n) is 4.62. The minimum absolute atomic E-state index is 0.0913. The number of aromatic nitrogens is 2. The molecule has 0 unspecified atom stereocenters. The zero-order valence-corrected chi connectivity index (χ0v) is 7.77. The number of aromatic amines is 1. The number of fused-ring (bicyclic) bond motifs is 1. The summed E-state index contributed by atoms with van der Waals surface area (Å²) in [5.41, 5.74) is 8.58. The first-order chi connectivity index (χ1) is 6.81. The fraction of sp³-hybridized carbons (Fsp3) is 0.300. The maximum absolute atomic E-state index is 8.76. The van der Waals surface area contributed by atoms with Gasteiger partial charge >= 0.3 is 0 Å². The quantitative estimate of drug-likeness (QED) is 0.676. The largest absolute Gasteiger partial charge is 0.396 e. The van der Waals surface area contributed by atoms with Crippen molar-refractivity contribution in [3.05, 3.63) is 30.1 Å². The van der Waals surface area contributed by atoms with Crippen molar-refractivity contribution in [1.29, 1.82) is 0 Å². The van der Waals surface area contributed by atoms with Gasteiger partial charge in [-0.3, -0.25) is 0 Å². The molecule has 0 saturated heterocycles. The molecule has 2 rings (SSSR count). The molecule has 2 aromatic rings. The van der Waals surface area contributed by atoms with Crippen molar-refractivity contribution in [2.45, 2.75) is 12.5 Å². The third-order valence-corrected chi connectivity index (χ3v) is 2.25. The Kier molecular flexibility index (Phi) is 2.47. The summed E-state index contributed by atoms with van der Waals surface area (Å²) in [5, 5.41) is 8.76. The van der Waals surface area contributed by atoms with Crippen molar-refractivity contribution in [2.75, 3.05) is 6.61 Å². The Morgan fingerprint density at radius 3 is 3.07 bits per heavy atom. The van der Waals surface area contributed by atoms with Crippen LogP contribution in [0.5, 0.6) is 0 Å². The fourth-order valence-corrected chi connectivity index (χ4v) is 1.44. The van der Waals surface area contributed by atoms with Crippen molar-refractivity contribution >= 4 is 11.0 Å². The van der Waals surface area contributed by atoms with E-state index < -0.39 is 0 Å². The number of nitrogens with zero attached hydrogens (tertiary/aromatic N) is 1. The molecule has 0 spiro atoms.